The van der Waals surface area contributed by atoms with Crippen molar-refractivity contribution in [3.8, 4) is 0 Å². The zero-order valence-corrected chi connectivity index (χ0v) is 9.08. The van der Waals surface area contributed by atoms with E-state index in [9.17, 15) is 4.79 Å². The lowest BCUT2D eigenvalue weighted by atomic mass is 9.92. The lowest BCUT2D eigenvalue weighted by Crippen LogP contribution is -2.14. The molecule has 0 fully saturated rings. The second-order valence-electron chi connectivity index (χ2n) is 3.57. The van der Waals surface area contributed by atoms with Gasteiger partial charge in [0, 0.05) is 23.9 Å². The summed E-state index contributed by atoms with van der Waals surface area (Å²) >= 11 is 0. The van der Waals surface area contributed by atoms with E-state index < -0.39 is 0 Å². The molecule has 0 bridgehead atoms. The number of aryl methyl sites for hydroxylation is 1. The van der Waals surface area contributed by atoms with Crippen molar-refractivity contribution in [3.63, 3.8) is 0 Å². The Kier molecular flexibility index (Phi) is 3.81. The Morgan fingerprint density at radius 2 is 2.07 bits per heavy atom. The second kappa shape index (κ2) is 4.89. The molecule has 0 N–H and O–H groups in total. The Morgan fingerprint density at radius 1 is 1.43 bits per heavy atom. The quantitative estimate of drug-likeness (QED) is 0.685. The number of nitrogens with zero attached hydrogens (tertiary/aromatic N) is 1. The maximum absolute atomic E-state index is 12.0. The van der Waals surface area contributed by atoms with Gasteiger partial charge in [-0.15, -0.1) is 0 Å². The molecule has 1 rings (SSSR count). The fraction of sp³-hybridized carbons (Fsp3) is 0.500. The molecule has 0 aromatic carbocycles. The highest BCUT2D eigenvalue weighted by molar-refractivity contribution is 5.98. The highest BCUT2D eigenvalue weighted by atomic mass is 16.1. The topological polar surface area (TPSA) is 30.0 Å². The third-order valence-electron chi connectivity index (χ3n) is 2.66. The molecule has 0 amide bonds. The van der Waals surface area contributed by atoms with Gasteiger partial charge in [0.1, 0.15) is 0 Å². The predicted octanol–water partition coefficient (Wildman–Crippen LogP) is 3.01. The number of pyridine rings is 1. The van der Waals surface area contributed by atoms with Crippen LogP contribution in [-0.4, -0.2) is 10.8 Å². The average Bonchev–Trinajstić information content (AvgIpc) is 2.20. The molecule has 0 aliphatic heterocycles. The van der Waals surface area contributed by atoms with Crippen LogP contribution in [-0.2, 0) is 0 Å². The van der Waals surface area contributed by atoms with Gasteiger partial charge in [-0.3, -0.25) is 9.78 Å². The van der Waals surface area contributed by atoms with E-state index in [0.29, 0.717) is 0 Å². The van der Waals surface area contributed by atoms with E-state index in [-0.39, 0.29) is 11.7 Å². The van der Waals surface area contributed by atoms with Crippen LogP contribution in [0.25, 0.3) is 0 Å². The van der Waals surface area contributed by atoms with Crippen LogP contribution in [0, 0.1) is 12.8 Å². The SMILES string of the molecule is CCC(CC)C(=O)c1cnccc1C. The maximum atomic E-state index is 12.0. The molecule has 0 saturated heterocycles. The Morgan fingerprint density at radius 3 is 2.57 bits per heavy atom. The summed E-state index contributed by atoms with van der Waals surface area (Å²) in [6, 6.07) is 1.88. The van der Waals surface area contributed by atoms with Crippen LogP contribution in [0.4, 0.5) is 0 Å². The fourth-order valence-corrected chi connectivity index (χ4v) is 1.60. The summed E-state index contributed by atoms with van der Waals surface area (Å²) in [6.07, 6.45) is 5.21. The van der Waals surface area contributed by atoms with Gasteiger partial charge in [0.15, 0.2) is 5.78 Å². The first-order valence-corrected chi connectivity index (χ1v) is 5.15. The maximum Gasteiger partial charge on any atom is 0.167 e. The summed E-state index contributed by atoms with van der Waals surface area (Å²) in [6.45, 7) is 6.06. The minimum absolute atomic E-state index is 0.151. The standard InChI is InChI=1S/C12H17NO/c1-4-10(5-2)12(14)11-8-13-7-6-9(11)3/h6-8,10H,4-5H2,1-3H3. The molecule has 0 aliphatic carbocycles. The van der Waals surface area contributed by atoms with Gasteiger partial charge in [-0.2, -0.15) is 0 Å². The minimum atomic E-state index is 0.151. The van der Waals surface area contributed by atoms with Crippen molar-refractivity contribution in [1.29, 1.82) is 0 Å². The van der Waals surface area contributed by atoms with Gasteiger partial charge >= 0.3 is 0 Å². The highest BCUT2D eigenvalue weighted by Crippen LogP contribution is 2.17. The van der Waals surface area contributed by atoms with Gasteiger partial charge in [0.05, 0.1) is 0 Å². The normalized spacial score (nSPS) is 10.6. The number of carbonyl (C=O) groups is 1. The molecule has 1 aromatic heterocycles. The molecule has 14 heavy (non-hydrogen) atoms. The molecule has 0 saturated carbocycles. The van der Waals surface area contributed by atoms with Crippen LogP contribution in [0.5, 0.6) is 0 Å². The third kappa shape index (κ3) is 2.19. The summed E-state index contributed by atoms with van der Waals surface area (Å²) in [5.74, 6) is 0.388. The molecule has 0 aliphatic rings. The Hall–Kier alpha value is -1.18. The summed E-state index contributed by atoms with van der Waals surface area (Å²) in [4.78, 5) is 16.0. The number of rotatable bonds is 4. The largest absolute Gasteiger partial charge is 0.294 e. The van der Waals surface area contributed by atoms with Gasteiger partial charge in [0.25, 0.3) is 0 Å². The van der Waals surface area contributed by atoms with E-state index in [1.807, 2.05) is 13.0 Å². The van der Waals surface area contributed by atoms with Crippen LogP contribution in [0.1, 0.15) is 42.6 Å². The summed E-state index contributed by atoms with van der Waals surface area (Å²) in [5.41, 5.74) is 1.80. The van der Waals surface area contributed by atoms with E-state index in [1.165, 1.54) is 0 Å². The molecule has 76 valence electrons. The number of aromatic nitrogens is 1. The monoisotopic (exact) mass is 191 g/mol. The number of carbonyl (C=O) groups excluding carboxylic acids is 1. The molecule has 2 heteroatoms. The van der Waals surface area contributed by atoms with Crippen LogP contribution < -0.4 is 0 Å². The zero-order chi connectivity index (χ0) is 10.6. The number of ketones is 1. The number of Topliss-reactive ketones (excluding diaryl/α,β-unsaturated/α-hetero) is 1. The van der Waals surface area contributed by atoms with Crippen molar-refractivity contribution in [2.75, 3.05) is 0 Å². The molecule has 0 spiro atoms. The van der Waals surface area contributed by atoms with E-state index >= 15 is 0 Å². The molecular weight excluding hydrogens is 174 g/mol. The Bertz CT molecular complexity index is 316. The number of hydrogen-bond donors (Lipinski definition) is 0. The van der Waals surface area contributed by atoms with Crippen LogP contribution in [0.15, 0.2) is 18.5 Å². The van der Waals surface area contributed by atoms with Crippen molar-refractivity contribution in [1.82, 2.24) is 4.98 Å². The Balaban J connectivity index is 2.94. The van der Waals surface area contributed by atoms with Gasteiger partial charge in [0.2, 0.25) is 0 Å². The first-order valence-electron chi connectivity index (χ1n) is 5.15. The first kappa shape index (κ1) is 10.9. The number of hydrogen-bond acceptors (Lipinski definition) is 2. The zero-order valence-electron chi connectivity index (χ0n) is 9.08. The second-order valence-corrected chi connectivity index (χ2v) is 3.57. The molecule has 1 aromatic rings. The van der Waals surface area contributed by atoms with Crippen molar-refractivity contribution in [2.45, 2.75) is 33.6 Å². The van der Waals surface area contributed by atoms with Gasteiger partial charge in [-0.05, 0) is 31.4 Å². The minimum Gasteiger partial charge on any atom is -0.294 e. The molecule has 0 atom stereocenters. The van der Waals surface area contributed by atoms with Crippen LogP contribution >= 0.6 is 0 Å². The van der Waals surface area contributed by atoms with Crippen molar-refractivity contribution in [3.05, 3.63) is 29.6 Å². The molecule has 0 radical (unpaired) electrons. The van der Waals surface area contributed by atoms with Crippen molar-refractivity contribution >= 4 is 5.78 Å². The summed E-state index contributed by atoms with van der Waals surface area (Å²) in [7, 11) is 0. The molecular formula is C12H17NO. The van der Waals surface area contributed by atoms with E-state index in [2.05, 4.69) is 18.8 Å². The summed E-state index contributed by atoms with van der Waals surface area (Å²) < 4.78 is 0. The smallest absolute Gasteiger partial charge is 0.167 e. The van der Waals surface area contributed by atoms with E-state index in [1.54, 1.807) is 12.4 Å². The predicted molar refractivity (Wildman–Crippen MR) is 57.4 cm³/mol. The third-order valence-corrected chi connectivity index (χ3v) is 2.66. The molecule has 0 unspecified atom stereocenters. The fourth-order valence-electron chi connectivity index (χ4n) is 1.60. The molecule has 1 heterocycles. The highest BCUT2D eigenvalue weighted by Gasteiger charge is 2.17. The summed E-state index contributed by atoms with van der Waals surface area (Å²) in [5, 5.41) is 0. The van der Waals surface area contributed by atoms with Crippen molar-refractivity contribution in [2.24, 2.45) is 5.92 Å². The molecule has 2 nitrogen and oxygen atoms in total. The van der Waals surface area contributed by atoms with E-state index in [0.717, 1.165) is 24.0 Å². The lowest BCUT2D eigenvalue weighted by Gasteiger charge is -2.11. The van der Waals surface area contributed by atoms with Crippen molar-refractivity contribution < 1.29 is 4.79 Å². The average molecular weight is 191 g/mol. The Labute approximate surface area is 85.4 Å². The van der Waals surface area contributed by atoms with Gasteiger partial charge < -0.3 is 0 Å². The van der Waals surface area contributed by atoms with Gasteiger partial charge in [-0.1, -0.05) is 13.8 Å². The first-order chi connectivity index (χ1) is 6.70. The van der Waals surface area contributed by atoms with Crippen LogP contribution in [0.3, 0.4) is 0 Å². The van der Waals surface area contributed by atoms with Gasteiger partial charge in [-0.25, -0.2) is 0 Å². The lowest BCUT2D eigenvalue weighted by molar-refractivity contribution is 0.0912. The van der Waals surface area contributed by atoms with Crippen LogP contribution in [0.2, 0.25) is 0 Å². The van der Waals surface area contributed by atoms with E-state index in [4.69, 9.17) is 0 Å².